The summed E-state index contributed by atoms with van der Waals surface area (Å²) < 4.78 is 16.3. The molecule has 4 aliphatic carbocycles. The number of amides is 1. The topological polar surface area (TPSA) is 46.9 Å². The molecule has 38 heavy (non-hydrogen) atoms. The van der Waals surface area contributed by atoms with Gasteiger partial charge in [-0.1, -0.05) is 42.5 Å². The summed E-state index contributed by atoms with van der Waals surface area (Å²) in [5.41, 5.74) is 5.20. The van der Waals surface area contributed by atoms with Crippen molar-refractivity contribution < 1.29 is 9.18 Å². The number of halogens is 1. The van der Waals surface area contributed by atoms with Crippen LogP contribution in [0.2, 0.25) is 0 Å². The van der Waals surface area contributed by atoms with Crippen molar-refractivity contribution in [3.05, 3.63) is 77.2 Å². The Morgan fingerprint density at radius 3 is 2.79 bits per heavy atom. The van der Waals surface area contributed by atoms with Gasteiger partial charge in [-0.15, -0.1) is 0 Å². The molecule has 5 heteroatoms. The van der Waals surface area contributed by atoms with Gasteiger partial charge >= 0.3 is 0 Å². The molecule has 0 saturated heterocycles. The summed E-state index contributed by atoms with van der Waals surface area (Å²) in [6.07, 6.45) is 10.6. The van der Waals surface area contributed by atoms with Crippen LogP contribution in [-0.2, 0) is 17.8 Å². The van der Waals surface area contributed by atoms with Crippen LogP contribution in [0.1, 0.15) is 81.0 Å². The third kappa shape index (κ3) is 4.10. The summed E-state index contributed by atoms with van der Waals surface area (Å²) in [6.45, 7) is 2.86. The van der Waals surface area contributed by atoms with Crippen molar-refractivity contribution in [2.75, 3.05) is 0 Å². The number of hydrogen-bond acceptors (Lipinski definition) is 2. The van der Waals surface area contributed by atoms with E-state index in [4.69, 9.17) is 5.10 Å². The third-order valence-electron chi connectivity index (χ3n) is 10.5. The van der Waals surface area contributed by atoms with Crippen LogP contribution >= 0.6 is 0 Å². The van der Waals surface area contributed by atoms with Crippen LogP contribution in [0, 0.1) is 29.0 Å². The summed E-state index contributed by atoms with van der Waals surface area (Å²) in [5.74, 6) is 2.31. The maximum absolute atomic E-state index is 14.3. The van der Waals surface area contributed by atoms with Crippen molar-refractivity contribution in [2.24, 2.45) is 23.2 Å². The Hall–Kier alpha value is -2.95. The smallest absolute Gasteiger partial charge is 0.229 e. The van der Waals surface area contributed by atoms with Crippen molar-refractivity contribution in [1.82, 2.24) is 15.1 Å². The molecule has 1 amide bonds. The zero-order valence-electron chi connectivity index (χ0n) is 22.3. The first-order valence-electron chi connectivity index (χ1n) is 14.7. The SMILES string of the molecule is CC(NC(=O)C1CCCc2c1nn(Cc1ccccc1)c2-c1cccc(F)c1)C12CCC3CC(CC3C1)C2. The molecule has 198 valence electrons. The molecule has 1 N–H and O–H groups in total. The number of nitrogens with zero attached hydrogens (tertiary/aromatic N) is 2. The first-order valence-corrected chi connectivity index (χ1v) is 14.7. The molecule has 3 fully saturated rings. The molecule has 3 bridgehead atoms. The van der Waals surface area contributed by atoms with Gasteiger partial charge in [-0.3, -0.25) is 9.48 Å². The lowest BCUT2D eigenvalue weighted by molar-refractivity contribution is -0.125. The van der Waals surface area contributed by atoms with Crippen LogP contribution in [0.4, 0.5) is 4.39 Å². The van der Waals surface area contributed by atoms with Gasteiger partial charge in [-0.2, -0.15) is 5.10 Å². The van der Waals surface area contributed by atoms with Crippen LogP contribution in [-0.4, -0.2) is 21.7 Å². The number of carbonyl (C=O) groups is 1. The summed E-state index contributed by atoms with van der Waals surface area (Å²) in [6, 6.07) is 17.2. The van der Waals surface area contributed by atoms with E-state index < -0.39 is 0 Å². The zero-order valence-corrected chi connectivity index (χ0v) is 22.3. The monoisotopic (exact) mass is 511 g/mol. The maximum Gasteiger partial charge on any atom is 0.229 e. The molecule has 4 aliphatic rings. The second-order valence-electron chi connectivity index (χ2n) is 12.7. The minimum Gasteiger partial charge on any atom is -0.353 e. The van der Waals surface area contributed by atoms with Crippen LogP contribution in [0.15, 0.2) is 54.6 Å². The van der Waals surface area contributed by atoms with Crippen molar-refractivity contribution in [3.8, 4) is 11.3 Å². The van der Waals surface area contributed by atoms with Crippen molar-refractivity contribution in [1.29, 1.82) is 0 Å². The molecule has 6 atom stereocenters. The standard InChI is InChI=1S/C33H38FN3O/c1-21(33-14-13-24-15-23(18-33)16-26(24)19-33)35-32(38)29-12-6-11-28-30(29)36-37(20-22-7-3-2-4-8-22)31(28)25-9-5-10-27(34)17-25/h2-5,7-10,17,21,23-24,26,29H,6,11-16,18-20H2,1H3,(H,35,38). The van der Waals surface area contributed by atoms with E-state index in [-0.39, 0.29) is 29.1 Å². The van der Waals surface area contributed by atoms with Gasteiger partial charge in [0.05, 0.1) is 23.9 Å². The van der Waals surface area contributed by atoms with E-state index in [9.17, 15) is 9.18 Å². The van der Waals surface area contributed by atoms with Gasteiger partial charge in [0.25, 0.3) is 0 Å². The number of benzene rings is 2. The number of aromatic nitrogens is 2. The number of rotatable bonds is 6. The predicted molar refractivity (Wildman–Crippen MR) is 147 cm³/mol. The van der Waals surface area contributed by atoms with Crippen molar-refractivity contribution >= 4 is 5.91 Å². The average Bonchev–Trinajstić information content (AvgIpc) is 3.38. The second kappa shape index (κ2) is 9.36. The Balaban J connectivity index is 1.20. The quantitative estimate of drug-likeness (QED) is 0.392. The number of carbonyl (C=O) groups excluding carboxylic acids is 1. The van der Waals surface area contributed by atoms with Gasteiger partial charge in [-0.05, 0) is 106 Å². The highest BCUT2D eigenvalue weighted by atomic mass is 19.1. The van der Waals surface area contributed by atoms with E-state index in [0.717, 1.165) is 65.1 Å². The molecule has 2 aromatic carbocycles. The minimum atomic E-state index is -0.252. The lowest BCUT2D eigenvalue weighted by atomic mass is 9.59. The minimum absolute atomic E-state index is 0.128. The Kier molecular flexibility index (Phi) is 5.94. The van der Waals surface area contributed by atoms with Gasteiger partial charge in [0.15, 0.2) is 0 Å². The molecule has 7 rings (SSSR count). The van der Waals surface area contributed by atoms with Gasteiger partial charge < -0.3 is 5.32 Å². The Morgan fingerprint density at radius 2 is 1.95 bits per heavy atom. The lowest BCUT2D eigenvalue weighted by Crippen LogP contribution is -2.51. The highest BCUT2D eigenvalue weighted by Gasteiger charge is 2.54. The largest absolute Gasteiger partial charge is 0.353 e. The van der Waals surface area contributed by atoms with E-state index in [1.165, 1.54) is 44.6 Å². The van der Waals surface area contributed by atoms with Gasteiger partial charge in [-0.25, -0.2) is 4.39 Å². The average molecular weight is 512 g/mol. The first-order chi connectivity index (χ1) is 18.5. The van der Waals surface area contributed by atoms with E-state index in [1.807, 2.05) is 28.9 Å². The van der Waals surface area contributed by atoms with Crippen LogP contribution in [0.3, 0.4) is 0 Å². The van der Waals surface area contributed by atoms with E-state index in [0.29, 0.717) is 6.54 Å². The molecule has 0 radical (unpaired) electrons. The van der Waals surface area contributed by atoms with Crippen LogP contribution in [0.25, 0.3) is 11.3 Å². The fourth-order valence-corrected chi connectivity index (χ4v) is 8.75. The van der Waals surface area contributed by atoms with Crippen molar-refractivity contribution in [2.45, 2.75) is 83.2 Å². The first kappa shape index (κ1) is 24.1. The summed E-state index contributed by atoms with van der Waals surface area (Å²) >= 11 is 0. The summed E-state index contributed by atoms with van der Waals surface area (Å²) in [4.78, 5) is 13.9. The number of nitrogens with one attached hydrogen (secondary N) is 1. The van der Waals surface area contributed by atoms with E-state index in [2.05, 4.69) is 24.4 Å². The molecular formula is C33H38FN3O. The van der Waals surface area contributed by atoms with Gasteiger partial charge in [0.1, 0.15) is 5.82 Å². The fraction of sp³-hybridized carbons (Fsp3) is 0.515. The maximum atomic E-state index is 14.3. The molecule has 3 saturated carbocycles. The molecule has 0 spiro atoms. The molecule has 4 nitrogen and oxygen atoms in total. The van der Waals surface area contributed by atoms with Gasteiger partial charge in [0.2, 0.25) is 5.91 Å². The second-order valence-corrected chi connectivity index (χ2v) is 12.7. The Bertz CT molecular complexity index is 1350. The molecule has 3 aromatic rings. The predicted octanol–water partition coefficient (Wildman–Crippen LogP) is 6.88. The Morgan fingerprint density at radius 1 is 1.11 bits per heavy atom. The number of fused-ring (bicyclic) bond motifs is 3. The highest BCUT2D eigenvalue weighted by molar-refractivity contribution is 5.85. The summed E-state index contributed by atoms with van der Waals surface area (Å²) in [7, 11) is 0. The third-order valence-corrected chi connectivity index (χ3v) is 10.5. The van der Waals surface area contributed by atoms with Crippen LogP contribution < -0.4 is 5.32 Å². The van der Waals surface area contributed by atoms with E-state index >= 15 is 0 Å². The Labute approximate surface area is 225 Å². The van der Waals surface area contributed by atoms with E-state index in [1.54, 1.807) is 12.1 Å². The highest BCUT2D eigenvalue weighted by Crippen LogP contribution is 2.61. The van der Waals surface area contributed by atoms with Crippen molar-refractivity contribution in [3.63, 3.8) is 0 Å². The molecule has 0 aliphatic heterocycles. The fourth-order valence-electron chi connectivity index (χ4n) is 8.75. The summed E-state index contributed by atoms with van der Waals surface area (Å²) in [5, 5.41) is 8.61. The normalized spacial score (nSPS) is 30.2. The molecule has 1 heterocycles. The molecular weight excluding hydrogens is 473 g/mol. The molecule has 1 aromatic heterocycles. The van der Waals surface area contributed by atoms with Gasteiger partial charge in [0, 0.05) is 17.2 Å². The van der Waals surface area contributed by atoms with Crippen LogP contribution in [0.5, 0.6) is 0 Å². The molecule has 6 unspecified atom stereocenters. The zero-order chi connectivity index (χ0) is 25.9. The number of hydrogen-bond donors (Lipinski definition) is 1. The lowest BCUT2D eigenvalue weighted by Gasteiger charge is -2.49.